The first kappa shape index (κ1) is 32.3. The summed E-state index contributed by atoms with van der Waals surface area (Å²) < 4.78 is 0. The van der Waals surface area contributed by atoms with E-state index in [9.17, 15) is 29.4 Å². The Bertz CT molecular complexity index is 1340. The molecule has 0 saturated carbocycles. The molecule has 12 heteroatoms. The second-order valence-electron chi connectivity index (χ2n) is 10.3. The maximum atomic E-state index is 13.6. The number of carbonyl (C=O) groups excluding carboxylic acids is 3. The average Bonchev–Trinajstić information content (AvgIpc) is 3.38. The van der Waals surface area contributed by atoms with Gasteiger partial charge in [0.25, 0.3) is 0 Å². The molecule has 0 fully saturated rings. The molecule has 0 saturated heterocycles. The number of benzene rings is 2. The number of aliphatic hydroxyl groups is 1. The van der Waals surface area contributed by atoms with E-state index in [1.165, 1.54) is 6.92 Å². The van der Waals surface area contributed by atoms with E-state index < -0.39 is 54.0 Å². The van der Waals surface area contributed by atoms with Crippen molar-refractivity contribution in [3.05, 3.63) is 71.9 Å². The van der Waals surface area contributed by atoms with Crippen molar-refractivity contribution in [1.82, 2.24) is 20.9 Å². The summed E-state index contributed by atoms with van der Waals surface area (Å²) in [5.41, 5.74) is 13.9. The Balaban J connectivity index is 1.78. The van der Waals surface area contributed by atoms with Crippen molar-refractivity contribution in [3.8, 4) is 0 Å². The van der Waals surface area contributed by atoms with E-state index in [2.05, 4.69) is 20.9 Å². The van der Waals surface area contributed by atoms with E-state index in [0.29, 0.717) is 31.4 Å². The van der Waals surface area contributed by atoms with Crippen molar-refractivity contribution in [1.29, 1.82) is 0 Å². The molecule has 42 heavy (non-hydrogen) atoms. The molecule has 12 nitrogen and oxygen atoms in total. The summed E-state index contributed by atoms with van der Waals surface area (Å²) in [6.45, 7) is 1.77. The van der Waals surface area contributed by atoms with Gasteiger partial charge in [0.15, 0.2) is 0 Å². The monoisotopic (exact) mass is 580 g/mol. The first-order chi connectivity index (χ1) is 20.1. The van der Waals surface area contributed by atoms with Crippen LogP contribution < -0.4 is 27.4 Å². The number of carboxylic acid groups (broad SMARTS) is 1. The highest BCUT2D eigenvalue weighted by molar-refractivity contribution is 5.95. The number of unbranched alkanes of at least 4 members (excludes halogenated alkanes) is 1. The van der Waals surface area contributed by atoms with Crippen LogP contribution in [-0.4, -0.2) is 75.7 Å². The zero-order chi connectivity index (χ0) is 30.6. The number of para-hydroxylation sites is 1. The van der Waals surface area contributed by atoms with Crippen LogP contribution in [0.25, 0.3) is 10.9 Å². The van der Waals surface area contributed by atoms with Crippen molar-refractivity contribution in [3.63, 3.8) is 0 Å². The second-order valence-corrected chi connectivity index (χ2v) is 10.3. The lowest BCUT2D eigenvalue weighted by Crippen LogP contribution is -2.60. The molecule has 0 aliphatic carbocycles. The van der Waals surface area contributed by atoms with Crippen molar-refractivity contribution in [2.24, 2.45) is 11.5 Å². The molecule has 10 N–H and O–H groups in total. The molecule has 3 aromatic rings. The number of nitrogens with one attached hydrogen (secondary N) is 4. The van der Waals surface area contributed by atoms with E-state index in [4.69, 9.17) is 11.5 Å². The Morgan fingerprint density at radius 2 is 1.52 bits per heavy atom. The highest BCUT2D eigenvalue weighted by Gasteiger charge is 2.33. The van der Waals surface area contributed by atoms with Crippen LogP contribution in [0.3, 0.4) is 0 Å². The molecular formula is C30H40N6O6. The van der Waals surface area contributed by atoms with Gasteiger partial charge < -0.3 is 42.6 Å². The summed E-state index contributed by atoms with van der Waals surface area (Å²) in [5.74, 6) is -3.43. The fourth-order valence-corrected chi connectivity index (χ4v) is 4.62. The normalized spacial score (nSPS) is 14.8. The third-order valence-electron chi connectivity index (χ3n) is 7.00. The number of aromatic nitrogens is 1. The molecule has 5 unspecified atom stereocenters. The standard InChI is InChI=1S/C30H40N6O6/c1-18(37)26(29(40)35-25(30(41)42)15-19-9-3-2-4-10-19)36-28(39)24(34-27(38)22(32)12-7-8-14-31)16-20-17-33-23-13-6-5-11-21(20)23/h2-6,9-11,13,17-18,22,24-26,33,37H,7-8,12,14-16,31-32H2,1H3,(H,34,38)(H,35,40)(H,36,39)(H,41,42). The van der Waals surface area contributed by atoms with Gasteiger partial charge in [-0.2, -0.15) is 0 Å². The number of aromatic amines is 1. The number of aliphatic hydroxyl groups excluding tert-OH is 1. The average molecular weight is 581 g/mol. The zero-order valence-corrected chi connectivity index (χ0v) is 23.6. The molecule has 0 aliphatic heterocycles. The van der Waals surface area contributed by atoms with Crippen LogP contribution in [0.15, 0.2) is 60.8 Å². The van der Waals surface area contributed by atoms with Crippen LogP contribution in [0.5, 0.6) is 0 Å². The third-order valence-corrected chi connectivity index (χ3v) is 7.00. The molecule has 0 spiro atoms. The summed E-state index contributed by atoms with van der Waals surface area (Å²) in [6, 6.07) is 11.4. The minimum atomic E-state index is -1.49. The van der Waals surface area contributed by atoms with Gasteiger partial charge in [0, 0.05) is 29.9 Å². The number of carboxylic acids is 1. The topological polar surface area (TPSA) is 213 Å². The van der Waals surface area contributed by atoms with Crippen molar-refractivity contribution in [2.75, 3.05) is 6.54 Å². The fourth-order valence-electron chi connectivity index (χ4n) is 4.62. The molecule has 3 amide bonds. The predicted molar refractivity (Wildman–Crippen MR) is 158 cm³/mol. The van der Waals surface area contributed by atoms with Crippen LogP contribution in [0.4, 0.5) is 0 Å². The molecule has 5 atom stereocenters. The molecule has 0 bridgehead atoms. The Kier molecular flexibility index (Phi) is 12.0. The number of fused-ring (bicyclic) bond motifs is 1. The molecule has 1 heterocycles. The van der Waals surface area contributed by atoms with Gasteiger partial charge in [-0.15, -0.1) is 0 Å². The summed E-state index contributed by atoms with van der Waals surface area (Å²) >= 11 is 0. The molecule has 1 aromatic heterocycles. The summed E-state index contributed by atoms with van der Waals surface area (Å²) in [7, 11) is 0. The van der Waals surface area contributed by atoms with Crippen LogP contribution in [0.2, 0.25) is 0 Å². The predicted octanol–water partition coefficient (Wildman–Crippen LogP) is 0.329. The largest absolute Gasteiger partial charge is 0.480 e. The number of hydrogen-bond donors (Lipinski definition) is 8. The number of carbonyl (C=O) groups is 4. The van der Waals surface area contributed by atoms with Gasteiger partial charge in [-0.1, -0.05) is 55.0 Å². The van der Waals surface area contributed by atoms with Crippen LogP contribution >= 0.6 is 0 Å². The van der Waals surface area contributed by atoms with Crippen molar-refractivity contribution < 1.29 is 29.4 Å². The quantitative estimate of drug-likeness (QED) is 0.110. The van der Waals surface area contributed by atoms with Crippen molar-refractivity contribution >= 4 is 34.6 Å². The minimum absolute atomic E-state index is 0.00365. The van der Waals surface area contributed by atoms with E-state index in [1.54, 1.807) is 36.5 Å². The Morgan fingerprint density at radius 3 is 2.19 bits per heavy atom. The third kappa shape index (κ3) is 9.13. The van der Waals surface area contributed by atoms with Crippen molar-refractivity contribution in [2.45, 2.75) is 69.3 Å². The molecule has 0 radical (unpaired) electrons. The minimum Gasteiger partial charge on any atom is -0.480 e. The van der Waals surface area contributed by atoms with E-state index in [-0.39, 0.29) is 12.8 Å². The van der Waals surface area contributed by atoms with Gasteiger partial charge in [0.2, 0.25) is 17.7 Å². The number of hydrogen-bond acceptors (Lipinski definition) is 7. The van der Waals surface area contributed by atoms with E-state index in [1.807, 2.05) is 24.3 Å². The van der Waals surface area contributed by atoms with Gasteiger partial charge in [0.05, 0.1) is 12.1 Å². The lowest BCUT2D eigenvalue weighted by atomic mass is 10.0. The molecule has 3 rings (SSSR count). The Labute approximate surface area is 244 Å². The molecular weight excluding hydrogens is 540 g/mol. The number of aliphatic carboxylic acids is 1. The molecule has 0 aliphatic rings. The smallest absolute Gasteiger partial charge is 0.326 e. The number of nitrogens with two attached hydrogens (primary N) is 2. The lowest BCUT2D eigenvalue weighted by Gasteiger charge is -2.26. The fraction of sp³-hybridized carbons (Fsp3) is 0.400. The molecule has 226 valence electrons. The van der Waals surface area contributed by atoms with Gasteiger partial charge in [0.1, 0.15) is 18.1 Å². The highest BCUT2D eigenvalue weighted by Crippen LogP contribution is 2.19. The van der Waals surface area contributed by atoms with E-state index >= 15 is 0 Å². The summed E-state index contributed by atoms with van der Waals surface area (Å²) in [6.07, 6.45) is 2.15. The number of amides is 3. The summed E-state index contributed by atoms with van der Waals surface area (Å²) in [5, 5.41) is 28.6. The maximum Gasteiger partial charge on any atom is 0.326 e. The number of rotatable bonds is 16. The van der Waals surface area contributed by atoms with Crippen LogP contribution in [0, 0.1) is 0 Å². The first-order valence-corrected chi connectivity index (χ1v) is 14.0. The Morgan fingerprint density at radius 1 is 0.857 bits per heavy atom. The zero-order valence-electron chi connectivity index (χ0n) is 23.6. The number of H-pyrrole nitrogens is 1. The van der Waals surface area contributed by atoms with Crippen LogP contribution in [-0.2, 0) is 32.0 Å². The van der Waals surface area contributed by atoms with Gasteiger partial charge >= 0.3 is 5.97 Å². The summed E-state index contributed by atoms with van der Waals surface area (Å²) in [4.78, 5) is 54.7. The van der Waals surface area contributed by atoms with Crippen LogP contribution in [0.1, 0.15) is 37.3 Å². The Hall–Kier alpha value is -4.26. The lowest BCUT2D eigenvalue weighted by molar-refractivity contribution is -0.143. The SMILES string of the molecule is CC(O)C(NC(=O)C(Cc1c[nH]c2ccccc12)NC(=O)C(N)CCCCN)C(=O)NC(Cc1ccccc1)C(=O)O. The second kappa shape index (κ2) is 15.7. The van der Waals surface area contributed by atoms with Gasteiger partial charge in [-0.25, -0.2) is 4.79 Å². The van der Waals surface area contributed by atoms with Gasteiger partial charge in [-0.3, -0.25) is 14.4 Å². The first-order valence-electron chi connectivity index (χ1n) is 14.0. The highest BCUT2D eigenvalue weighted by atomic mass is 16.4. The maximum absolute atomic E-state index is 13.6. The van der Waals surface area contributed by atoms with Gasteiger partial charge in [-0.05, 0) is 43.5 Å². The molecule has 2 aromatic carbocycles. The van der Waals surface area contributed by atoms with E-state index in [0.717, 1.165) is 16.5 Å².